The Kier molecular flexibility index (Phi) is 39.2. The highest BCUT2D eigenvalue weighted by Gasteiger charge is 2.25. The Morgan fingerprint density at radius 1 is 0.525 bits per heavy atom. The molecule has 0 aliphatic carbocycles. The third kappa shape index (κ3) is 40.0. The van der Waals surface area contributed by atoms with Crippen molar-refractivity contribution in [3.63, 3.8) is 0 Å². The van der Waals surface area contributed by atoms with Crippen molar-refractivity contribution >= 4 is 17.9 Å². The maximum Gasteiger partial charge on any atom is 0.306 e. The molecular weight excluding hydrogens is 739 g/mol. The Bertz CT molecular complexity index is 1190. The van der Waals surface area contributed by atoms with Crippen LogP contribution < -0.4 is 5.11 Å². The predicted octanol–water partition coefficient (Wildman–Crippen LogP) is 11.8. The molecule has 0 spiro atoms. The SMILES string of the molecule is CC/C=C\C/C=C\C/C=C\C/C=C\C/C=C\C/C=C\CCC(=O)OC(COCCC(C(=O)[O-])[N+](C)(C)C)COC(=O)CCCCCCCCCCCCCCCCCC. The quantitative estimate of drug-likeness (QED) is 0.0262. The Balaban J connectivity index is 4.44. The van der Waals surface area contributed by atoms with E-state index in [2.05, 4.69) is 74.6 Å². The van der Waals surface area contributed by atoms with Gasteiger partial charge in [-0.05, 0) is 51.4 Å². The topological polar surface area (TPSA) is 102 Å². The molecule has 0 aromatic carbocycles. The number of carbonyl (C=O) groups is 3. The smallest absolute Gasteiger partial charge is 0.306 e. The van der Waals surface area contributed by atoms with Gasteiger partial charge in [-0.2, -0.15) is 0 Å². The van der Waals surface area contributed by atoms with Gasteiger partial charge in [0.1, 0.15) is 12.6 Å². The van der Waals surface area contributed by atoms with Crippen LogP contribution in [-0.2, 0) is 28.6 Å². The summed E-state index contributed by atoms with van der Waals surface area (Å²) in [7, 11) is 5.38. The van der Waals surface area contributed by atoms with Crippen LogP contribution in [0, 0.1) is 0 Å². The number of likely N-dealkylation sites (N-methyl/N-ethyl adjacent to an activating group) is 1. The normalized spacial score (nSPS) is 13.6. The summed E-state index contributed by atoms with van der Waals surface area (Å²) in [6, 6.07) is -0.741. The molecular formula is C51H87NO7. The van der Waals surface area contributed by atoms with E-state index in [0.717, 1.165) is 57.8 Å². The van der Waals surface area contributed by atoms with Crippen LogP contribution in [0.5, 0.6) is 0 Å². The van der Waals surface area contributed by atoms with Crippen LogP contribution in [0.2, 0.25) is 0 Å². The van der Waals surface area contributed by atoms with Gasteiger partial charge >= 0.3 is 11.9 Å². The van der Waals surface area contributed by atoms with Gasteiger partial charge in [0, 0.05) is 19.3 Å². The second kappa shape index (κ2) is 41.5. The molecule has 2 unspecified atom stereocenters. The second-order valence-electron chi connectivity index (χ2n) is 16.6. The molecule has 338 valence electrons. The van der Waals surface area contributed by atoms with Crippen molar-refractivity contribution in [3.05, 3.63) is 72.9 Å². The van der Waals surface area contributed by atoms with E-state index >= 15 is 0 Å². The Labute approximate surface area is 361 Å². The first kappa shape index (κ1) is 55.8. The molecule has 0 saturated heterocycles. The van der Waals surface area contributed by atoms with E-state index in [9.17, 15) is 19.5 Å². The van der Waals surface area contributed by atoms with E-state index in [1.807, 2.05) is 12.2 Å². The van der Waals surface area contributed by atoms with Gasteiger partial charge in [-0.25, -0.2) is 0 Å². The summed E-state index contributed by atoms with van der Waals surface area (Å²) in [5.74, 6) is -1.84. The molecule has 59 heavy (non-hydrogen) atoms. The first-order chi connectivity index (χ1) is 28.6. The Morgan fingerprint density at radius 2 is 0.949 bits per heavy atom. The number of ether oxygens (including phenoxy) is 3. The fraction of sp³-hybridized carbons (Fsp3) is 0.706. The molecule has 0 radical (unpaired) electrons. The van der Waals surface area contributed by atoms with Gasteiger partial charge in [-0.1, -0.05) is 183 Å². The third-order valence-electron chi connectivity index (χ3n) is 10.1. The molecule has 8 nitrogen and oxygen atoms in total. The number of nitrogens with zero attached hydrogens (tertiary/aromatic N) is 1. The lowest BCUT2D eigenvalue weighted by Gasteiger charge is -2.34. The minimum absolute atomic E-state index is 0.00882. The van der Waals surface area contributed by atoms with Crippen LogP contribution >= 0.6 is 0 Å². The lowest BCUT2D eigenvalue weighted by molar-refractivity contribution is -0.889. The van der Waals surface area contributed by atoms with Crippen molar-refractivity contribution in [1.82, 2.24) is 0 Å². The first-order valence-electron chi connectivity index (χ1n) is 23.5. The molecule has 0 bridgehead atoms. The van der Waals surface area contributed by atoms with Gasteiger partial charge in [-0.3, -0.25) is 9.59 Å². The summed E-state index contributed by atoms with van der Waals surface area (Å²) < 4.78 is 17.1. The van der Waals surface area contributed by atoms with E-state index in [-0.39, 0.29) is 43.1 Å². The van der Waals surface area contributed by atoms with Crippen LogP contribution in [0.4, 0.5) is 0 Å². The molecule has 0 amide bonds. The summed E-state index contributed by atoms with van der Waals surface area (Å²) in [6.07, 6.45) is 52.3. The van der Waals surface area contributed by atoms with Gasteiger partial charge in [0.2, 0.25) is 0 Å². The van der Waals surface area contributed by atoms with Crippen molar-refractivity contribution in [2.75, 3.05) is 41.0 Å². The van der Waals surface area contributed by atoms with Crippen molar-refractivity contribution in [2.45, 2.75) is 193 Å². The van der Waals surface area contributed by atoms with Crippen LogP contribution in [0.25, 0.3) is 0 Å². The van der Waals surface area contributed by atoms with Crippen LogP contribution in [0.15, 0.2) is 72.9 Å². The van der Waals surface area contributed by atoms with Crippen molar-refractivity contribution in [3.8, 4) is 0 Å². The number of aliphatic carboxylic acids is 1. The maximum absolute atomic E-state index is 12.7. The number of unbranched alkanes of at least 4 members (excludes halogenated alkanes) is 15. The number of carboxylic acids is 1. The molecule has 0 saturated carbocycles. The zero-order valence-corrected chi connectivity index (χ0v) is 38.4. The monoisotopic (exact) mass is 826 g/mol. The fourth-order valence-corrected chi connectivity index (χ4v) is 6.51. The predicted molar refractivity (Wildman–Crippen MR) is 245 cm³/mol. The van der Waals surface area contributed by atoms with Gasteiger partial charge in [-0.15, -0.1) is 0 Å². The molecule has 0 fully saturated rings. The number of esters is 2. The van der Waals surface area contributed by atoms with Crippen molar-refractivity contribution < 1.29 is 38.2 Å². The van der Waals surface area contributed by atoms with Crippen molar-refractivity contribution in [1.29, 1.82) is 0 Å². The van der Waals surface area contributed by atoms with Crippen LogP contribution in [0.1, 0.15) is 181 Å². The van der Waals surface area contributed by atoms with E-state index in [1.54, 1.807) is 21.1 Å². The molecule has 8 heteroatoms. The summed E-state index contributed by atoms with van der Waals surface area (Å²) in [4.78, 5) is 36.9. The van der Waals surface area contributed by atoms with E-state index < -0.39 is 24.1 Å². The van der Waals surface area contributed by atoms with Gasteiger partial charge in [0.05, 0.1) is 40.3 Å². The zero-order chi connectivity index (χ0) is 43.5. The minimum atomic E-state index is -1.14. The molecule has 0 N–H and O–H groups in total. The zero-order valence-electron chi connectivity index (χ0n) is 38.4. The summed E-state index contributed by atoms with van der Waals surface area (Å²) >= 11 is 0. The maximum atomic E-state index is 12.7. The summed E-state index contributed by atoms with van der Waals surface area (Å²) in [5, 5.41) is 11.6. The molecule has 0 aliphatic heterocycles. The number of hydrogen-bond acceptors (Lipinski definition) is 7. The lowest BCUT2D eigenvalue weighted by Crippen LogP contribution is -2.55. The molecule has 0 aromatic rings. The van der Waals surface area contributed by atoms with E-state index in [0.29, 0.717) is 12.8 Å². The van der Waals surface area contributed by atoms with Gasteiger partial charge in [0.15, 0.2) is 6.10 Å². The highest BCUT2D eigenvalue weighted by atomic mass is 16.6. The molecule has 2 atom stereocenters. The number of allylic oxidation sites excluding steroid dienone is 12. The van der Waals surface area contributed by atoms with Crippen LogP contribution in [-0.4, -0.2) is 75.5 Å². The average Bonchev–Trinajstić information content (AvgIpc) is 3.19. The summed E-state index contributed by atoms with van der Waals surface area (Å²) in [5.41, 5.74) is 0. The van der Waals surface area contributed by atoms with Gasteiger partial charge < -0.3 is 28.6 Å². The lowest BCUT2D eigenvalue weighted by atomic mass is 10.0. The minimum Gasteiger partial charge on any atom is -0.544 e. The largest absolute Gasteiger partial charge is 0.544 e. The van der Waals surface area contributed by atoms with Gasteiger partial charge in [0.25, 0.3) is 0 Å². The Morgan fingerprint density at radius 3 is 1.37 bits per heavy atom. The number of carbonyl (C=O) groups excluding carboxylic acids is 3. The Hall–Kier alpha value is -3.23. The summed E-state index contributed by atoms with van der Waals surface area (Å²) in [6.45, 7) is 4.47. The number of rotatable bonds is 41. The standard InChI is InChI=1S/C51H87NO7/c1-6-8-10-12-14-16-18-20-22-24-25-26-28-30-32-34-36-38-40-42-50(54)59-47(45-57-44-43-48(51(55)56)52(3,4)5)46-58-49(53)41-39-37-35-33-31-29-27-23-21-19-17-15-13-11-9-7-2/h8,10,14,16,20,22,25-26,30,32,36,38,47-48H,6-7,9,11-13,15,17-19,21,23-24,27-29,31,33-35,37,39-46H2,1-5H3/b10-8-,16-14-,22-20-,26-25-,32-30-,38-36-. The molecule has 0 aliphatic rings. The first-order valence-corrected chi connectivity index (χ1v) is 23.5. The number of quaternary nitrogens is 1. The fourth-order valence-electron chi connectivity index (χ4n) is 6.51. The molecule has 0 aromatic heterocycles. The van der Waals surface area contributed by atoms with E-state index in [4.69, 9.17) is 14.2 Å². The highest BCUT2D eigenvalue weighted by molar-refractivity contribution is 5.70. The molecule has 0 heterocycles. The number of hydrogen-bond donors (Lipinski definition) is 0. The highest BCUT2D eigenvalue weighted by Crippen LogP contribution is 2.15. The third-order valence-corrected chi connectivity index (χ3v) is 10.1. The second-order valence-corrected chi connectivity index (χ2v) is 16.6. The average molecular weight is 826 g/mol. The van der Waals surface area contributed by atoms with Crippen LogP contribution in [0.3, 0.4) is 0 Å². The van der Waals surface area contributed by atoms with Crippen molar-refractivity contribution in [2.24, 2.45) is 0 Å². The number of carboxylic acid groups (broad SMARTS) is 1. The van der Waals surface area contributed by atoms with E-state index in [1.165, 1.54) is 83.5 Å². The molecule has 0 rings (SSSR count).